The summed E-state index contributed by atoms with van der Waals surface area (Å²) in [7, 11) is 1.63. The summed E-state index contributed by atoms with van der Waals surface area (Å²) in [5.41, 5.74) is 2.22. The van der Waals surface area contributed by atoms with Gasteiger partial charge in [0.2, 0.25) is 5.91 Å². The molecule has 1 atom stereocenters. The molecule has 0 radical (unpaired) electrons. The molecule has 0 fully saturated rings. The van der Waals surface area contributed by atoms with Gasteiger partial charge in [-0.15, -0.1) is 0 Å². The van der Waals surface area contributed by atoms with Crippen LogP contribution in [0.15, 0.2) is 6.33 Å². The number of aromatic nitrogens is 2. The first kappa shape index (κ1) is 11.1. The van der Waals surface area contributed by atoms with E-state index in [0.717, 1.165) is 30.7 Å². The number of H-pyrrole nitrogens is 1. The van der Waals surface area contributed by atoms with Crippen LogP contribution in [0.3, 0.4) is 0 Å². The predicted molar refractivity (Wildman–Crippen MR) is 59.0 cm³/mol. The van der Waals surface area contributed by atoms with E-state index in [9.17, 15) is 4.79 Å². The number of amides is 1. The van der Waals surface area contributed by atoms with Crippen LogP contribution in [-0.2, 0) is 22.4 Å². The van der Waals surface area contributed by atoms with Crippen LogP contribution in [0.4, 0.5) is 0 Å². The molecule has 0 spiro atoms. The zero-order valence-corrected chi connectivity index (χ0v) is 9.45. The van der Waals surface area contributed by atoms with Gasteiger partial charge < -0.3 is 15.0 Å². The van der Waals surface area contributed by atoms with Crippen molar-refractivity contribution in [3.63, 3.8) is 0 Å². The van der Waals surface area contributed by atoms with Crippen LogP contribution in [0.25, 0.3) is 0 Å². The van der Waals surface area contributed by atoms with Crippen LogP contribution < -0.4 is 5.32 Å². The lowest BCUT2D eigenvalue weighted by Gasteiger charge is -2.20. The maximum absolute atomic E-state index is 11.8. The van der Waals surface area contributed by atoms with Crippen molar-refractivity contribution < 1.29 is 9.53 Å². The number of aryl methyl sites for hydroxylation is 1. The number of hydrogen-bond donors (Lipinski definition) is 2. The minimum atomic E-state index is 0.0739. The van der Waals surface area contributed by atoms with Crippen molar-refractivity contribution in [2.45, 2.75) is 19.3 Å². The summed E-state index contributed by atoms with van der Waals surface area (Å²) in [6, 6.07) is 0. The number of carbonyl (C=O) groups is 1. The number of imidazole rings is 1. The van der Waals surface area contributed by atoms with E-state index in [-0.39, 0.29) is 11.8 Å². The molecule has 0 saturated carbocycles. The summed E-state index contributed by atoms with van der Waals surface area (Å²) in [6.45, 7) is 1.15. The van der Waals surface area contributed by atoms with E-state index in [4.69, 9.17) is 4.74 Å². The monoisotopic (exact) mass is 223 g/mol. The van der Waals surface area contributed by atoms with Gasteiger partial charge in [-0.25, -0.2) is 4.98 Å². The summed E-state index contributed by atoms with van der Waals surface area (Å²) in [4.78, 5) is 19.1. The highest BCUT2D eigenvalue weighted by molar-refractivity contribution is 5.79. The molecular formula is C11H17N3O2. The van der Waals surface area contributed by atoms with Gasteiger partial charge in [0.1, 0.15) is 0 Å². The Morgan fingerprint density at radius 3 is 3.44 bits per heavy atom. The lowest BCUT2D eigenvalue weighted by atomic mass is 9.89. The van der Waals surface area contributed by atoms with Crippen LogP contribution in [-0.4, -0.2) is 36.1 Å². The van der Waals surface area contributed by atoms with Gasteiger partial charge in [0.05, 0.1) is 18.6 Å². The van der Waals surface area contributed by atoms with Crippen molar-refractivity contribution in [3.8, 4) is 0 Å². The van der Waals surface area contributed by atoms with Crippen molar-refractivity contribution in [2.24, 2.45) is 5.92 Å². The van der Waals surface area contributed by atoms with E-state index < -0.39 is 0 Å². The van der Waals surface area contributed by atoms with Crippen molar-refractivity contribution in [3.05, 3.63) is 17.7 Å². The Balaban J connectivity index is 1.86. The molecule has 0 saturated heterocycles. The second-order valence-corrected chi connectivity index (χ2v) is 4.05. The van der Waals surface area contributed by atoms with Gasteiger partial charge in [0.25, 0.3) is 0 Å². The van der Waals surface area contributed by atoms with Crippen molar-refractivity contribution in [1.29, 1.82) is 0 Å². The van der Waals surface area contributed by atoms with Crippen molar-refractivity contribution >= 4 is 5.91 Å². The van der Waals surface area contributed by atoms with Crippen LogP contribution in [0.1, 0.15) is 17.8 Å². The fourth-order valence-corrected chi connectivity index (χ4v) is 2.05. The SMILES string of the molecule is COCCNC(=O)[C@H]1CCc2nc[nH]c2C1. The molecule has 88 valence electrons. The molecule has 1 aromatic rings. The van der Waals surface area contributed by atoms with Crippen LogP contribution in [0, 0.1) is 5.92 Å². The lowest BCUT2D eigenvalue weighted by molar-refractivity contribution is -0.125. The largest absolute Gasteiger partial charge is 0.383 e. The van der Waals surface area contributed by atoms with Gasteiger partial charge in [-0.2, -0.15) is 0 Å². The predicted octanol–water partition coefficient (Wildman–Crippen LogP) is 0.277. The van der Waals surface area contributed by atoms with Gasteiger partial charge in [-0.05, 0) is 12.8 Å². The lowest BCUT2D eigenvalue weighted by Crippen LogP contribution is -2.35. The van der Waals surface area contributed by atoms with Crippen LogP contribution in [0.2, 0.25) is 0 Å². The molecule has 2 N–H and O–H groups in total. The van der Waals surface area contributed by atoms with E-state index in [2.05, 4.69) is 15.3 Å². The summed E-state index contributed by atoms with van der Waals surface area (Å²) in [6.07, 6.45) is 4.25. The number of aromatic amines is 1. The summed E-state index contributed by atoms with van der Waals surface area (Å²) in [5.74, 6) is 0.196. The average molecular weight is 223 g/mol. The molecule has 0 aromatic carbocycles. The molecule has 16 heavy (non-hydrogen) atoms. The number of ether oxygens (including phenoxy) is 1. The highest BCUT2D eigenvalue weighted by atomic mass is 16.5. The fourth-order valence-electron chi connectivity index (χ4n) is 2.05. The number of fused-ring (bicyclic) bond motifs is 1. The zero-order chi connectivity index (χ0) is 11.4. The average Bonchev–Trinajstić information content (AvgIpc) is 2.76. The molecule has 5 heteroatoms. The third kappa shape index (κ3) is 2.41. The van der Waals surface area contributed by atoms with Crippen molar-refractivity contribution in [1.82, 2.24) is 15.3 Å². The summed E-state index contributed by atoms with van der Waals surface area (Å²) in [5, 5.41) is 2.88. The number of nitrogens with zero attached hydrogens (tertiary/aromatic N) is 1. The Labute approximate surface area is 94.6 Å². The first-order valence-electron chi connectivity index (χ1n) is 5.59. The van der Waals surface area contributed by atoms with E-state index in [1.807, 2.05) is 0 Å². The van der Waals surface area contributed by atoms with E-state index in [0.29, 0.717) is 13.2 Å². The Hall–Kier alpha value is -1.36. The molecule has 0 aliphatic heterocycles. The topological polar surface area (TPSA) is 67.0 Å². The summed E-state index contributed by atoms with van der Waals surface area (Å²) < 4.78 is 4.89. The number of methoxy groups -OCH3 is 1. The van der Waals surface area contributed by atoms with Gasteiger partial charge in [0.15, 0.2) is 0 Å². The molecule has 0 bridgehead atoms. The minimum Gasteiger partial charge on any atom is -0.383 e. The zero-order valence-electron chi connectivity index (χ0n) is 9.45. The molecule has 1 aromatic heterocycles. The molecule has 1 amide bonds. The molecule has 0 unspecified atom stereocenters. The van der Waals surface area contributed by atoms with Gasteiger partial charge >= 0.3 is 0 Å². The van der Waals surface area contributed by atoms with Gasteiger partial charge in [-0.3, -0.25) is 4.79 Å². The van der Waals surface area contributed by atoms with Crippen LogP contribution in [0.5, 0.6) is 0 Å². The van der Waals surface area contributed by atoms with Gasteiger partial charge in [0, 0.05) is 31.7 Å². The second-order valence-electron chi connectivity index (χ2n) is 4.05. The normalized spacial score (nSPS) is 19.2. The Bertz CT molecular complexity index is 362. The fraction of sp³-hybridized carbons (Fsp3) is 0.636. The molecule has 1 heterocycles. The first-order chi connectivity index (χ1) is 7.81. The van der Waals surface area contributed by atoms with E-state index >= 15 is 0 Å². The van der Waals surface area contributed by atoms with E-state index in [1.54, 1.807) is 13.4 Å². The highest BCUT2D eigenvalue weighted by Gasteiger charge is 2.25. The number of carbonyl (C=O) groups excluding carboxylic acids is 1. The maximum Gasteiger partial charge on any atom is 0.223 e. The first-order valence-corrected chi connectivity index (χ1v) is 5.59. The Morgan fingerprint density at radius 2 is 2.62 bits per heavy atom. The maximum atomic E-state index is 11.8. The Morgan fingerprint density at radius 1 is 1.75 bits per heavy atom. The Kier molecular flexibility index (Phi) is 3.56. The highest BCUT2D eigenvalue weighted by Crippen LogP contribution is 2.22. The third-order valence-corrected chi connectivity index (χ3v) is 2.96. The molecule has 1 aliphatic carbocycles. The smallest absolute Gasteiger partial charge is 0.223 e. The molecular weight excluding hydrogens is 206 g/mol. The molecule has 2 rings (SSSR count). The van der Waals surface area contributed by atoms with Crippen molar-refractivity contribution in [2.75, 3.05) is 20.3 Å². The number of hydrogen-bond acceptors (Lipinski definition) is 3. The molecule has 1 aliphatic rings. The molecule has 5 nitrogen and oxygen atoms in total. The quantitative estimate of drug-likeness (QED) is 0.720. The summed E-state index contributed by atoms with van der Waals surface area (Å²) >= 11 is 0. The van der Waals surface area contributed by atoms with Crippen LogP contribution >= 0.6 is 0 Å². The standard InChI is InChI=1S/C11H17N3O2/c1-16-5-4-12-11(15)8-2-3-9-10(6-8)14-7-13-9/h7-8H,2-6H2,1H3,(H,12,15)(H,13,14)/t8-/m0/s1. The minimum absolute atomic E-state index is 0.0739. The third-order valence-electron chi connectivity index (χ3n) is 2.96. The van der Waals surface area contributed by atoms with Gasteiger partial charge in [-0.1, -0.05) is 0 Å². The van der Waals surface area contributed by atoms with E-state index in [1.165, 1.54) is 0 Å². The number of nitrogens with one attached hydrogen (secondary N) is 2. The number of rotatable bonds is 4. The second kappa shape index (κ2) is 5.12.